The van der Waals surface area contributed by atoms with Crippen molar-refractivity contribution >= 4 is 31.4 Å². The van der Waals surface area contributed by atoms with Crippen molar-refractivity contribution in [2.45, 2.75) is 23.0 Å². The number of rotatable bonds is 7. The molecule has 0 aromatic heterocycles. The first-order valence-corrected chi connectivity index (χ1v) is 11.3. The molecule has 3 rings (SSSR count). The summed E-state index contributed by atoms with van der Waals surface area (Å²) in [6.07, 6.45) is 1.31. The molecule has 1 atom stereocenters. The van der Waals surface area contributed by atoms with Gasteiger partial charge in [0.25, 0.3) is 5.69 Å². The molecular weight excluding hydrogens is 400 g/mol. The smallest absolute Gasteiger partial charge is 0.293 e. The highest BCUT2D eigenvalue weighted by Gasteiger charge is 2.42. The molecule has 1 aromatic rings. The van der Waals surface area contributed by atoms with Gasteiger partial charge in [0, 0.05) is 25.1 Å². The van der Waals surface area contributed by atoms with Gasteiger partial charge in [0.2, 0.25) is 20.0 Å². The average Bonchev–Trinajstić information content (AvgIpc) is 3.44. The van der Waals surface area contributed by atoms with E-state index in [9.17, 15) is 26.9 Å². The van der Waals surface area contributed by atoms with Crippen molar-refractivity contribution in [3.63, 3.8) is 0 Å². The van der Waals surface area contributed by atoms with E-state index in [0.29, 0.717) is 19.4 Å². The first kappa shape index (κ1) is 19.9. The molecule has 1 aliphatic heterocycles. The summed E-state index contributed by atoms with van der Waals surface area (Å²) < 4.78 is 54.0. The number of primary sulfonamides is 1. The Morgan fingerprint density at radius 2 is 2.00 bits per heavy atom. The van der Waals surface area contributed by atoms with Crippen molar-refractivity contribution < 1.29 is 26.5 Å². The zero-order valence-corrected chi connectivity index (χ0v) is 15.9. The van der Waals surface area contributed by atoms with Crippen molar-refractivity contribution in [1.82, 2.24) is 4.31 Å². The molecular formula is C14H20N4O7S2. The van der Waals surface area contributed by atoms with Gasteiger partial charge in [-0.3, -0.25) is 10.1 Å². The molecule has 1 saturated heterocycles. The number of hydrogen-bond donors (Lipinski definition) is 2. The maximum absolute atomic E-state index is 12.3. The molecule has 2 aliphatic rings. The Kier molecular flexibility index (Phi) is 5.40. The molecule has 1 aromatic carbocycles. The fourth-order valence-corrected chi connectivity index (χ4v) is 5.16. The van der Waals surface area contributed by atoms with Crippen molar-refractivity contribution in [1.29, 1.82) is 0 Å². The van der Waals surface area contributed by atoms with Crippen LogP contribution in [-0.4, -0.2) is 57.7 Å². The van der Waals surface area contributed by atoms with Crippen LogP contribution < -0.4 is 10.5 Å². The Balaban J connectivity index is 1.70. The third kappa shape index (κ3) is 4.55. The fraction of sp³-hybridized carbons (Fsp3) is 0.571. The van der Waals surface area contributed by atoms with Crippen LogP contribution >= 0.6 is 0 Å². The van der Waals surface area contributed by atoms with Crippen LogP contribution in [0, 0.1) is 16.0 Å². The molecule has 1 aliphatic carbocycles. The fourth-order valence-electron chi connectivity index (χ4n) is 2.84. The standard InChI is InChI=1S/C14H20N4O7S2/c15-26(21,22)12-3-4-13(14(5-12)18(19)20)16-6-10-7-17(9-25-8-10)27(23,24)11-1-2-11/h3-5,10-11,16H,1-2,6-9H2,(H2,15,21,22). The Morgan fingerprint density at radius 1 is 1.30 bits per heavy atom. The predicted octanol–water partition coefficient (Wildman–Crippen LogP) is 0.0522. The van der Waals surface area contributed by atoms with E-state index < -0.39 is 30.7 Å². The molecule has 0 bridgehead atoms. The monoisotopic (exact) mass is 420 g/mol. The minimum atomic E-state index is -4.06. The molecule has 1 unspecified atom stereocenters. The maximum atomic E-state index is 12.3. The van der Waals surface area contributed by atoms with Crippen LogP contribution in [0.1, 0.15) is 12.8 Å². The lowest BCUT2D eigenvalue weighted by Gasteiger charge is -2.32. The Labute approximate surface area is 156 Å². The number of hydrogen-bond acceptors (Lipinski definition) is 8. The summed E-state index contributed by atoms with van der Waals surface area (Å²) in [7, 11) is -7.42. The van der Waals surface area contributed by atoms with Gasteiger partial charge in [-0.1, -0.05) is 0 Å². The average molecular weight is 420 g/mol. The molecule has 13 heteroatoms. The van der Waals surface area contributed by atoms with Crippen LogP contribution in [0.4, 0.5) is 11.4 Å². The summed E-state index contributed by atoms with van der Waals surface area (Å²) in [5.41, 5.74) is -0.310. The van der Waals surface area contributed by atoms with E-state index in [1.807, 2.05) is 0 Å². The summed E-state index contributed by atoms with van der Waals surface area (Å²) in [5.74, 6) is -0.204. The van der Waals surface area contributed by atoms with E-state index in [1.54, 1.807) is 0 Å². The second-order valence-corrected chi connectivity index (χ2v) is 10.4. The van der Waals surface area contributed by atoms with Crippen molar-refractivity contribution in [3.05, 3.63) is 28.3 Å². The molecule has 3 N–H and O–H groups in total. The number of benzene rings is 1. The molecule has 0 radical (unpaired) electrons. The molecule has 27 heavy (non-hydrogen) atoms. The summed E-state index contributed by atoms with van der Waals surface area (Å²) in [4.78, 5) is 10.2. The summed E-state index contributed by atoms with van der Waals surface area (Å²) >= 11 is 0. The third-order valence-electron chi connectivity index (χ3n) is 4.43. The number of nitro benzene ring substituents is 1. The Morgan fingerprint density at radius 3 is 2.59 bits per heavy atom. The van der Waals surface area contributed by atoms with Crippen molar-refractivity contribution in [2.24, 2.45) is 11.1 Å². The molecule has 11 nitrogen and oxygen atoms in total. The number of anilines is 1. The summed E-state index contributed by atoms with van der Waals surface area (Å²) in [6, 6.07) is 3.32. The Bertz CT molecular complexity index is 944. The van der Waals surface area contributed by atoms with Gasteiger partial charge >= 0.3 is 0 Å². The normalized spacial score (nSPS) is 21.7. The maximum Gasteiger partial charge on any atom is 0.293 e. The molecule has 150 valence electrons. The van der Waals surface area contributed by atoms with Gasteiger partial charge < -0.3 is 10.1 Å². The second-order valence-electron chi connectivity index (χ2n) is 6.61. The van der Waals surface area contributed by atoms with Crippen LogP contribution in [-0.2, 0) is 24.8 Å². The molecule has 1 heterocycles. The van der Waals surface area contributed by atoms with E-state index in [1.165, 1.54) is 16.4 Å². The molecule has 0 spiro atoms. The van der Waals surface area contributed by atoms with Crippen LogP contribution in [0.15, 0.2) is 23.1 Å². The third-order valence-corrected chi connectivity index (χ3v) is 7.63. The molecule has 0 amide bonds. The van der Waals surface area contributed by atoms with E-state index >= 15 is 0 Å². The van der Waals surface area contributed by atoms with Gasteiger partial charge in [-0.2, -0.15) is 4.31 Å². The highest BCUT2D eigenvalue weighted by molar-refractivity contribution is 7.90. The summed E-state index contributed by atoms with van der Waals surface area (Å²) in [6.45, 7) is 0.812. The summed E-state index contributed by atoms with van der Waals surface area (Å²) in [5, 5.41) is 18.8. The van der Waals surface area contributed by atoms with Gasteiger partial charge in [0.15, 0.2) is 0 Å². The van der Waals surface area contributed by atoms with Gasteiger partial charge in [-0.15, -0.1) is 0 Å². The van der Waals surface area contributed by atoms with E-state index in [4.69, 9.17) is 9.88 Å². The number of nitro groups is 1. The minimum absolute atomic E-state index is 0.0124. The van der Waals surface area contributed by atoms with Crippen molar-refractivity contribution in [2.75, 3.05) is 31.7 Å². The molecule has 2 fully saturated rings. The highest BCUT2D eigenvalue weighted by atomic mass is 32.2. The Hall–Kier alpha value is -1.80. The zero-order valence-electron chi connectivity index (χ0n) is 14.3. The quantitative estimate of drug-likeness (QED) is 0.462. The van der Waals surface area contributed by atoms with Crippen molar-refractivity contribution in [3.8, 4) is 0 Å². The number of nitrogens with two attached hydrogens (primary N) is 1. The highest BCUT2D eigenvalue weighted by Crippen LogP contribution is 2.32. The molecule has 1 saturated carbocycles. The van der Waals surface area contributed by atoms with E-state index in [-0.39, 0.29) is 41.6 Å². The minimum Gasteiger partial charge on any atom is -0.379 e. The first-order valence-electron chi connectivity index (χ1n) is 8.21. The lowest BCUT2D eigenvalue weighted by atomic mass is 10.1. The van der Waals surface area contributed by atoms with Crippen LogP contribution in [0.5, 0.6) is 0 Å². The van der Waals surface area contributed by atoms with Crippen LogP contribution in [0.3, 0.4) is 0 Å². The number of ether oxygens (including phenoxy) is 1. The lowest BCUT2D eigenvalue weighted by Crippen LogP contribution is -2.46. The van der Waals surface area contributed by atoms with Gasteiger partial charge in [0.05, 0.1) is 21.7 Å². The topological polar surface area (TPSA) is 162 Å². The largest absolute Gasteiger partial charge is 0.379 e. The zero-order chi connectivity index (χ0) is 19.8. The number of sulfonamides is 2. The predicted molar refractivity (Wildman–Crippen MR) is 95.9 cm³/mol. The lowest BCUT2D eigenvalue weighted by molar-refractivity contribution is -0.384. The second kappa shape index (κ2) is 7.31. The van der Waals surface area contributed by atoms with E-state index in [0.717, 1.165) is 6.07 Å². The number of nitrogens with one attached hydrogen (secondary N) is 1. The van der Waals surface area contributed by atoms with Crippen LogP contribution in [0.2, 0.25) is 0 Å². The number of nitrogens with zero attached hydrogens (tertiary/aromatic N) is 2. The van der Waals surface area contributed by atoms with Gasteiger partial charge in [-0.05, 0) is 25.0 Å². The SMILES string of the molecule is NS(=O)(=O)c1ccc(NCC2COCN(S(=O)(=O)C3CC3)C2)c([N+](=O)[O-])c1. The van der Waals surface area contributed by atoms with Gasteiger partial charge in [-0.25, -0.2) is 22.0 Å². The van der Waals surface area contributed by atoms with Gasteiger partial charge in [0.1, 0.15) is 12.4 Å². The first-order chi connectivity index (χ1) is 12.6. The van der Waals surface area contributed by atoms with Crippen LogP contribution in [0.25, 0.3) is 0 Å². The van der Waals surface area contributed by atoms with E-state index in [2.05, 4.69) is 5.32 Å².